The summed E-state index contributed by atoms with van der Waals surface area (Å²) in [7, 11) is 0. The monoisotopic (exact) mass is 485 g/mol. The average molecular weight is 486 g/mol. The Bertz CT molecular complexity index is 1360. The Kier molecular flexibility index (Phi) is 5.84. The third kappa shape index (κ3) is 3.98. The first kappa shape index (κ1) is 21.3. The van der Waals surface area contributed by atoms with E-state index in [1.54, 1.807) is 17.8 Å². The molecule has 0 saturated heterocycles. The highest BCUT2D eigenvalue weighted by atomic mass is 35.5. The molecular formula is C23H20ClN3O3S2. The van der Waals surface area contributed by atoms with Crippen molar-refractivity contribution >= 4 is 50.8 Å². The van der Waals surface area contributed by atoms with Crippen LogP contribution >= 0.6 is 34.7 Å². The number of carbonyl (C=O) groups is 1. The summed E-state index contributed by atoms with van der Waals surface area (Å²) in [6, 6.07) is 11.3. The summed E-state index contributed by atoms with van der Waals surface area (Å²) in [4.78, 5) is 34.0. The Morgan fingerprint density at radius 2 is 2.12 bits per heavy atom. The number of carbonyl (C=O) groups excluding carboxylic acids is 1. The van der Waals surface area contributed by atoms with Gasteiger partial charge >= 0.3 is 0 Å². The van der Waals surface area contributed by atoms with Crippen molar-refractivity contribution in [2.24, 2.45) is 0 Å². The van der Waals surface area contributed by atoms with Crippen LogP contribution in [-0.2, 0) is 30.1 Å². The van der Waals surface area contributed by atoms with Crippen molar-refractivity contribution in [1.82, 2.24) is 14.5 Å². The van der Waals surface area contributed by atoms with Crippen LogP contribution in [0.25, 0.3) is 10.2 Å². The topological polar surface area (TPSA) is 68.3 Å². The number of hydrogen-bond acceptors (Lipinski definition) is 6. The van der Waals surface area contributed by atoms with E-state index in [9.17, 15) is 9.59 Å². The summed E-state index contributed by atoms with van der Waals surface area (Å²) < 4.78 is 7.20. The van der Waals surface area contributed by atoms with E-state index in [4.69, 9.17) is 21.0 Å². The number of amides is 1. The molecule has 0 radical (unpaired) electrons. The first-order valence-electron chi connectivity index (χ1n) is 10.2. The predicted octanol–water partition coefficient (Wildman–Crippen LogP) is 4.95. The number of furan rings is 1. The third-order valence-corrected chi connectivity index (χ3v) is 8.08. The van der Waals surface area contributed by atoms with Gasteiger partial charge in [-0.15, -0.1) is 11.3 Å². The van der Waals surface area contributed by atoms with Crippen LogP contribution in [0.4, 0.5) is 0 Å². The quantitative estimate of drug-likeness (QED) is 0.295. The van der Waals surface area contributed by atoms with Gasteiger partial charge < -0.3 is 9.32 Å². The summed E-state index contributed by atoms with van der Waals surface area (Å²) in [6.45, 7) is 3.04. The zero-order valence-electron chi connectivity index (χ0n) is 17.3. The molecular weight excluding hydrogens is 466 g/mol. The van der Waals surface area contributed by atoms with Gasteiger partial charge in [0.1, 0.15) is 10.6 Å². The van der Waals surface area contributed by atoms with Crippen molar-refractivity contribution in [3.63, 3.8) is 0 Å². The van der Waals surface area contributed by atoms with E-state index in [-0.39, 0.29) is 11.5 Å². The zero-order chi connectivity index (χ0) is 22.2. The van der Waals surface area contributed by atoms with Crippen molar-refractivity contribution in [3.05, 3.63) is 79.8 Å². The molecule has 9 heteroatoms. The molecule has 0 aliphatic carbocycles. The van der Waals surface area contributed by atoms with Gasteiger partial charge in [-0.2, -0.15) is 0 Å². The van der Waals surface area contributed by atoms with E-state index in [1.165, 1.54) is 23.1 Å². The van der Waals surface area contributed by atoms with E-state index in [1.807, 2.05) is 41.3 Å². The van der Waals surface area contributed by atoms with E-state index in [2.05, 4.69) is 0 Å². The maximum Gasteiger partial charge on any atom is 0.263 e. The number of thioether (sulfide) groups is 1. The standard InChI is InChI=1S/C23H20ClN3O3S2/c1-14(28)26-9-8-17-19(12-26)32-21-20(17)22(29)27(11-16-6-4-10-30-16)23(25-21)31-13-15-5-2-3-7-18(15)24/h2-7,10H,8-9,11-13H2,1H3. The van der Waals surface area contributed by atoms with Crippen LogP contribution in [0.2, 0.25) is 5.02 Å². The summed E-state index contributed by atoms with van der Waals surface area (Å²) in [6.07, 6.45) is 2.27. The number of hydrogen-bond donors (Lipinski definition) is 0. The molecule has 6 nitrogen and oxygen atoms in total. The fourth-order valence-electron chi connectivity index (χ4n) is 3.89. The van der Waals surface area contributed by atoms with Crippen molar-refractivity contribution in [3.8, 4) is 0 Å². The van der Waals surface area contributed by atoms with Crippen molar-refractivity contribution < 1.29 is 9.21 Å². The van der Waals surface area contributed by atoms with Crippen molar-refractivity contribution in [1.29, 1.82) is 0 Å². The second kappa shape index (κ2) is 8.77. The highest BCUT2D eigenvalue weighted by Crippen LogP contribution is 2.34. The molecule has 1 aromatic carbocycles. The lowest BCUT2D eigenvalue weighted by molar-refractivity contribution is -0.129. The van der Waals surface area contributed by atoms with Gasteiger partial charge in [0.15, 0.2) is 5.16 Å². The van der Waals surface area contributed by atoms with E-state index < -0.39 is 0 Å². The number of nitrogens with zero attached hydrogens (tertiary/aromatic N) is 3. The molecule has 1 amide bonds. The van der Waals surface area contributed by atoms with Crippen LogP contribution in [0.5, 0.6) is 0 Å². The van der Waals surface area contributed by atoms with E-state index in [0.29, 0.717) is 53.1 Å². The van der Waals surface area contributed by atoms with Crippen LogP contribution in [0.1, 0.15) is 28.7 Å². The first-order valence-corrected chi connectivity index (χ1v) is 12.4. The molecule has 0 unspecified atom stereocenters. The highest BCUT2D eigenvalue weighted by Gasteiger charge is 2.26. The van der Waals surface area contributed by atoms with Gasteiger partial charge in [-0.1, -0.05) is 41.6 Å². The minimum atomic E-state index is -0.0677. The largest absolute Gasteiger partial charge is 0.467 e. The number of thiophene rings is 1. The fraction of sp³-hybridized carbons (Fsp3) is 0.261. The van der Waals surface area contributed by atoms with Gasteiger partial charge in [-0.3, -0.25) is 14.2 Å². The van der Waals surface area contributed by atoms with E-state index >= 15 is 0 Å². The van der Waals surface area contributed by atoms with Gasteiger partial charge in [0.05, 0.1) is 24.7 Å². The van der Waals surface area contributed by atoms with Crippen molar-refractivity contribution in [2.75, 3.05) is 6.54 Å². The molecule has 4 heterocycles. The Morgan fingerprint density at radius 1 is 1.28 bits per heavy atom. The summed E-state index contributed by atoms with van der Waals surface area (Å²) in [5.74, 6) is 1.34. The smallest absolute Gasteiger partial charge is 0.263 e. The molecule has 1 aliphatic rings. The lowest BCUT2D eigenvalue weighted by Crippen LogP contribution is -2.34. The molecule has 0 N–H and O–H groups in total. The van der Waals surface area contributed by atoms with Crippen LogP contribution < -0.4 is 5.56 Å². The molecule has 3 aromatic heterocycles. The second-order valence-electron chi connectivity index (χ2n) is 7.62. The molecule has 32 heavy (non-hydrogen) atoms. The summed E-state index contributed by atoms with van der Waals surface area (Å²) in [5.41, 5.74) is 1.94. The minimum Gasteiger partial charge on any atom is -0.467 e. The molecule has 0 saturated carbocycles. The zero-order valence-corrected chi connectivity index (χ0v) is 19.7. The summed E-state index contributed by atoms with van der Waals surface area (Å²) >= 11 is 9.33. The molecule has 1 aliphatic heterocycles. The Labute approximate surface area is 197 Å². The number of benzene rings is 1. The average Bonchev–Trinajstić information content (AvgIpc) is 3.42. The maximum absolute atomic E-state index is 13.7. The highest BCUT2D eigenvalue weighted by molar-refractivity contribution is 7.98. The van der Waals surface area contributed by atoms with Crippen LogP contribution in [0, 0.1) is 0 Å². The summed E-state index contributed by atoms with van der Waals surface area (Å²) in [5, 5.41) is 1.99. The number of fused-ring (bicyclic) bond motifs is 3. The fourth-order valence-corrected chi connectivity index (χ4v) is 6.45. The van der Waals surface area contributed by atoms with Crippen molar-refractivity contribution in [2.45, 2.75) is 37.3 Å². The first-order chi connectivity index (χ1) is 15.5. The van der Waals surface area contributed by atoms with E-state index in [0.717, 1.165) is 20.8 Å². The molecule has 4 aromatic rings. The SMILES string of the molecule is CC(=O)N1CCc2c(sc3nc(SCc4ccccc4Cl)n(Cc4ccco4)c(=O)c23)C1. The van der Waals surface area contributed by atoms with Gasteiger partial charge in [0, 0.05) is 29.1 Å². The van der Waals surface area contributed by atoms with Crippen LogP contribution in [-0.4, -0.2) is 26.9 Å². The molecule has 0 bridgehead atoms. The molecule has 0 fully saturated rings. The van der Waals surface area contributed by atoms with Gasteiger partial charge in [0.25, 0.3) is 5.56 Å². The second-order valence-corrected chi connectivity index (χ2v) is 10.1. The molecule has 0 atom stereocenters. The maximum atomic E-state index is 13.7. The number of aromatic nitrogens is 2. The lowest BCUT2D eigenvalue weighted by Gasteiger charge is -2.25. The Morgan fingerprint density at radius 3 is 2.88 bits per heavy atom. The normalized spacial score (nSPS) is 13.5. The third-order valence-electron chi connectivity index (χ3n) is 5.58. The molecule has 0 spiro atoms. The number of halogens is 1. The van der Waals surface area contributed by atoms with Gasteiger partial charge in [0.2, 0.25) is 5.91 Å². The number of rotatable bonds is 5. The van der Waals surface area contributed by atoms with Crippen LogP contribution in [0.3, 0.4) is 0 Å². The van der Waals surface area contributed by atoms with Crippen LogP contribution in [0.15, 0.2) is 57.0 Å². The predicted molar refractivity (Wildman–Crippen MR) is 127 cm³/mol. The van der Waals surface area contributed by atoms with Gasteiger partial charge in [-0.25, -0.2) is 4.98 Å². The molecule has 5 rings (SSSR count). The minimum absolute atomic E-state index is 0.0484. The van der Waals surface area contributed by atoms with Gasteiger partial charge in [-0.05, 0) is 35.7 Å². The Hall–Kier alpha value is -2.55. The molecule has 164 valence electrons. The lowest BCUT2D eigenvalue weighted by atomic mass is 10.1. The Balaban J connectivity index is 1.59.